The van der Waals surface area contributed by atoms with Gasteiger partial charge in [-0.1, -0.05) is 12.1 Å². The number of methoxy groups -OCH3 is 8. The molecule has 147 heavy (non-hydrogen) atoms. The second-order valence-electron chi connectivity index (χ2n) is 36.9. The minimum atomic E-state index is -1.19. The van der Waals surface area contributed by atoms with Crippen LogP contribution in [0, 0.1) is 0 Å². The number of aromatic hydroxyl groups is 4. The Hall–Kier alpha value is -17.3. The van der Waals surface area contributed by atoms with Crippen molar-refractivity contribution in [2.24, 2.45) is 0 Å². The SMILES string of the molecule is COc1ccc2c(c1)OC1c3ccc(O)cc3OCC21.COc1ccc2c(c1)OC1c3ccc(O)cc3OCC21.COc1ccc2c(c1)OCC1(O)c3ccc(OC)cc3OC21.COc1ccc2c(c1)OCC1(O)c3ccc(OC)cc3OC21.COc1ccc2c(c1)OCc1c-2oc2cc(OC)ccc12.Oc1ccc2c(c1)OCC1c3cc4c(cc3OC21)OCO4.Oc1ccc2c(c1)OCC1c3cc4c(cc3OC21)OCO4. The molecule has 32 nitrogen and oxygen atoms in total. The third kappa shape index (κ3) is 16.3. The van der Waals surface area contributed by atoms with Gasteiger partial charge in [0, 0.05) is 163 Å². The van der Waals surface area contributed by atoms with Crippen molar-refractivity contribution in [1.82, 2.24) is 0 Å². The number of furan rings is 1. The molecule has 6 N–H and O–H groups in total. The van der Waals surface area contributed by atoms with Crippen molar-refractivity contribution in [2.75, 3.05) is 110 Å². The number of phenols is 4. The summed E-state index contributed by atoms with van der Waals surface area (Å²) in [6.45, 7) is 3.43. The summed E-state index contributed by atoms with van der Waals surface area (Å²) in [6, 6.07) is 73.6. The number of aliphatic hydroxyl groups is 2. The van der Waals surface area contributed by atoms with Crippen LogP contribution in [-0.2, 0) is 17.8 Å². The van der Waals surface area contributed by atoms with E-state index >= 15 is 0 Å². The molecule has 30 rings (SSSR count). The number of hydrogen-bond donors (Lipinski definition) is 6. The molecule has 32 heteroatoms. The van der Waals surface area contributed by atoms with E-state index in [0.29, 0.717) is 102 Å². The van der Waals surface area contributed by atoms with Crippen molar-refractivity contribution in [3.8, 4) is 178 Å². The van der Waals surface area contributed by atoms with E-state index in [1.54, 1.807) is 118 Å². The highest BCUT2D eigenvalue weighted by Crippen LogP contribution is 2.62. The Balaban J connectivity index is 0.0000000918. The Kier molecular flexibility index (Phi) is 23.3. The van der Waals surface area contributed by atoms with Crippen LogP contribution in [-0.4, -0.2) is 141 Å². The van der Waals surface area contributed by atoms with E-state index in [4.69, 9.17) is 123 Å². The van der Waals surface area contributed by atoms with E-state index in [0.717, 1.165) is 169 Å². The van der Waals surface area contributed by atoms with Crippen LogP contribution in [0.4, 0.5) is 0 Å². The fourth-order valence-electron chi connectivity index (χ4n) is 21.3. The maximum Gasteiger partial charge on any atom is 0.231 e. The van der Waals surface area contributed by atoms with E-state index in [-0.39, 0.29) is 97.9 Å². The van der Waals surface area contributed by atoms with E-state index in [9.17, 15) is 30.6 Å². The van der Waals surface area contributed by atoms with E-state index < -0.39 is 23.4 Å². The first kappa shape index (κ1) is 92.2. The summed E-state index contributed by atoms with van der Waals surface area (Å²) in [5.41, 5.74) is 11.9. The summed E-state index contributed by atoms with van der Waals surface area (Å²) in [5, 5.41) is 61.4. The molecule has 750 valence electrons. The fraction of sp³-hybridized carbons (Fsp3) is 0.252. The maximum absolute atomic E-state index is 11.1. The van der Waals surface area contributed by atoms with Gasteiger partial charge in [0.25, 0.3) is 0 Å². The van der Waals surface area contributed by atoms with Crippen LogP contribution in [0.15, 0.2) is 247 Å². The molecular weight excluding hydrogens is 1890 g/mol. The highest BCUT2D eigenvalue weighted by molar-refractivity contribution is 5.91. The molecule has 0 saturated heterocycles. The Labute approximate surface area is 841 Å². The molecule has 0 saturated carbocycles. The van der Waals surface area contributed by atoms with Gasteiger partial charge in [0.1, 0.15) is 199 Å². The Morgan fingerprint density at radius 3 is 0.925 bits per heavy atom. The van der Waals surface area contributed by atoms with Crippen molar-refractivity contribution >= 4 is 11.0 Å². The number of ether oxygens (including phenoxy) is 25. The lowest BCUT2D eigenvalue weighted by molar-refractivity contribution is -0.0864. The lowest BCUT2D eigenvalue weighted by Gasteiger charge is -2.34. The standard InChI is InChI=1S/2C17H16O5.C17H14O4.2C16H12O5.2C16H14O4/c2*1-19-10-3-5-12-14(7-10)21-9-17(18)13-6-4-11(20-2)8-15(13)22-16(12)17;1-18-10-4-6-13-15(7-10)20-9-14-12-5-3-11(19-2)8-16(12)21-17(13)14;2*17-8-1-2-9-12(3-8)18-6-11-10-4-14-15(20-7-19-14)5-13(10)21-16(9)11;2*1-18-10-3-5-11-13-8-19-14-6-9(17)2-4-12(14)16(13)20-15(11)7-10/h2*3-8,16,18H,9H2,1-2H3;3-8H,9H2,1-2H3;2*1-5,11,16-17H,6-7H2;2*2-7,13,16-17H,8H2,1H3. The van der Waals surface area contributed by atoms with Gasteiger partial charge < -0.3 is 153 Å². The molecule has 12 unspecified atom stereocenters. The molecule has 15 aliphatic heterocycles. The first-order chi connectivity index (χ1) is 71.7. The minimum absolute atomic E-state index is 0.0542. The molecule has 0 spiro atoms. The smallest absolute Gasteiger partial charge is 0.231 e. The predicted molar refractivity (Wildman–Crippen MR) is 527 cm³/mol. The Morgan fingerprint density at radius 1 is 0.245 bits per heavy atom. The monoisotopic (exact) mass is 1990 g/mol. The molecule has 0 bridgehead atoms. The Bertz CT molecular complexity index is 7310. The number of fused-ring (bicyclic) bond motifs is 37. The first-order valence-corrected chi connectivity index (χ1v) is 47.6. The molecule has 14 aromatic carbocycles. The van der Waals surface area contributed by atoms with Gasteiger partial charge in [0.15, 0.2) is 46.4 Å². The zero-order valence-corrected chi connectivity index (χ0v) is 80.5. The second-order valence-corrected chi connectivity index (χ2v) is 36.9. The van der Waals surface area contributed by atoms with Crippen LogP contribution in [0.25, 0.3) is 22.3 Å². The lowest BCUT2D eigenvalue weighted by Crippen LogP contribution is -2.41. The van der Waals surface area contributed by atoms with Crippen LogP contribution < -0.4 is 118 Å². The summed E-state index contributed by atoms with van der Waals surface area (Å²) < 4.78 is 146. The summed E-state index contributed by atoms with van der Waals surface area (Å²) in [5.74, 6) is 20.7. The molecule has 16 heterocycles. The number of hydrogen-bond acceptors (Lipinski definition) is 32. The highest BCUT2D eigenvalue weighted by atomic mass is 16.7. The van der Waals surface area contributed by atoms with Gasteiger partial charge >= 0.3 is 0 Å². The maximum atomic E-state index is 11.1. The topological polar surface area (TPSA) is 365 Å². The van der Waals surface area contributed by atoms with Gasteiger partial charge in [-0.15, -0.1) is 0 Å². The molecule has 1 aromatic heterocycles. The number of phenolic OH excluding ortho intramolecular Hbond substituents is 4. The van der Waals surface area contributed by atoms with Crippen LogP contribution >= 0.6 is 0 Å². The predicted octanol–water partition coefficient (Wildman–Crippen LogP) is 20.3. The minimum Gasteiger partial charge on any atom is -0.508 e. The van der Waals surface area contributed by atoms with E-state index in [1.807, 2.05) is 182 Å². The molecule has 15 aliphatic rings. The van der Waals surface area contributed by atoms with Gasteiger partial charge in [-0.3, -0.25) is 0 Å². The van der Waals surface area contributed by atoms with Crippen LogP contribution in [0.2, 0.25) is 0 Å². The third-order valence-corrected chi connectivity index (χ3v) is 28.8. The number of benzene rings is 14. The third-order valence-electron chi connectivity index (χ3n) is 28.8. The molecule has 0 radical (unpaired) electrons. The first-order valence-electron chi connectivity index (χ1n) is 47.6. The zero-order valence-electron chi connectivity index (χ0n) is 80.5. The largest absolute Gasteiger partial charge is 0.508 e. The second kappa shape index (κ2) is 37.2. The Morgan fingerprint density at radius 2 is 0.544 bits per heavy atom. The molecule has 0 aliphatic carbocycles. The van der Waals surface area contributed by atoms with Crippen molar-refractivity contribution in [3.63, 3.8) is 0 Å². The lowest BCUT2D eigenvalue weighted by atomic mass is 9.85. The summed E-state index contributed by atoms with van der Waals surface area (Å²) >= 11 is 0. The molecule has 15 aromatic rings. The van der Waals surface area contributed by atoms with Crippen LogP contribution in [0.5, 0.6) is 167 Å². The average Bonchev–Trinajstić information content (AvgIpc) is 1.57. The van der Waals surface area contributed by atoms with Gasteiger partial charge in [-0.05, 0) is 146 Å². The van der Waals surface area contributed by atoms with E-state index in [1.165, 1.54) is 0 Å². The highest BCUT2D eigenvalue weighted by Gasteiger charge is 2.56. The van der Waals surface area contributed by atoms with Gasteiger partial charge in [0.05, 0.1) is 113 Å². The molecule has 12 atom stereocenters. The van der Waals surface area contributed by atoms with E-state index in [2.05, 4.69) is 0 Å². The van der Waals surface area contributed by atoms with Gasteiger partial charge in [0.2, 0.25) is 13.6 Å². The van der Waals surface area contributed by atoms with Crippen molar-refractivity contribution in [1.29, 1.82) is 0 Å². The van der Waals surface area contributed by atoms with Crippen molar-refractivity contribution < 1.29 is 153 Å². The van der Waals surface area contributed by atoms with Crippen LogP contribution in [0.3, 0.4) is 0 Å². The molecular formula is C115H98O32. The normalized spacial score (nSPS) is 21.8. The number of rotatable bonds is 8. The summed E-state index contributed by atoms with van der Waals surface area (Å²) in [4.78, 5) is 0. The van der Waals surface area contributed by atoms with Crippen molar-refractivity contribution in [2.45, 2.75) is 78.1 Å². The average molecular weight is 1990 g/mol. The summed E-state index contributed by atoms with van der Waals surface area (Å²) in [6.07, 6.45) is -1.28. The molecule has 0 fully saturated rings. The van der Waals surface area contributed by atoms with Crippen molar-refractivity contribution in [3.05, 3.63) is 315 Å². The zero-order chi connectivity index (χ0) is 100. The summed E-state index contributed by atoms with van der Waals surface area (Å²) in [7, 11) is 13.0. The van der Waals surface area contributed by atoms with Crippen LogP contribution in [0.1, 0.15) is 133 Å². The van der Waals surface area contributed by atoms with Gasteiger partial charge in [-0.2, -0.15) is 0 Å². The fourth-order valence-corrected chi connectivity index (χ4v) is 21.3. The quantitative estimate of drug-likeness (QED) is 0.0823. The van der Waals surface area contributed by atoms with Gasteiger partial charge in [-0.25, -0.2) is 0 Å². The molecule has 0 amide bonds.